The number of hydrogen-bond acceptors (Lipinski definition) is 2. The molecule has 0 radical (unpaired) electrons. The van der Waals surface area contributed by atoms with Gasteiger partial charge in [-0.3, -0.25) is 0 Å². The second-order valence-electron chi connectivity index (χ2n) is 5.05. The van der Waals surface area contributed by atoms with Crippen molar-refractivity contribution in [3.05, 3.63) is 27.7 Å². The van der Waals surface area contributed by atoms with Crippen molar-refractivity contribution in [1.82, 2.24) is 4.31 Å². The third-order valence-electron chi connectivity index (χ3n) is 3.80. The van der Waals surface area contributed by atoms with E-state index in [4.69, 9.17) is 11.6 Å². The van der Waals surface area contributed by atoms with Crippen LogP contribution in [0.4, 0.5) is 0 Å². The first-order valence-corrected chi connectivity index (χ1v) is 8.92. The van der Waals surface area contributed by atoms with Gasteiger partial charge in [-0.15, -0.1) is 0 Å². The van der Waals surface area contributed by atoms with Crippen molar-refractivity contribution in [1.29, 1.82) is 0 Å². The summed E-state index contributed by atoms with van der Waals surface area (Å²) in [5.74, 6) is 0.373. The van der Waals surface area contributed by atoms with E-state index in [1.807, 2.05) is 6.92 Å². The fourth-order valence-electron chi connectivity index (χ4n) is 2.45. The van der Waals surface area contributed by atoms with Crippen molar-refractivity contribution in [3.8, 4) is 0 Å². The quantitative estimate of drug-likeness (QED) is 0.795. The molecule has 3 nitrogen and oxygen atoms in total. The van der Waals surface area contributed by atoms with Crippen LogP contribution >= 0.6 is 27.5 Å². The number of rotatable bonds is 2. The summed E-state index contributed by atoms with van der Waals surface area (Å²) in [6.45, 7) is 4.63. The number of piperidine rings is 1. The summed E-state index contributed by atoms with van der Waals surface area (Å²) in [5.41, 5.74) is 0. The second kappa shape index (κ2) is 5.72. The molecule has 2 rings (SSSR count). The average molecular weight is 367 g/mol. The van der Waals surface area contributed by atoms with Crippen LogP contribution in [0, 0.1) is 5.92 Å². The lowest BCUT2D eigenvalue weighted by molar-refractivity contribution is 0.202. The zero-order valence-corrected chi connectivity index (χ0v) is 14.1. The molecule has 1 aromatic carbocycles. The first-order valence-electron chi connectivity index (χ1n) is 6.31. The number of sulfonamides is 1. The number of hydrogen-bond donors (Lipinski definition) is 0. The maximum atomic E-state index is 12.7. The van der Waals surface area contributed by atoms with E-state index in [1.165, 1.54) is 0 Å². The summed E-state index contributed by atoms with van der Waals surface area (Å²) in [6.07, 6.45) is 1.97. The molecule has 0 bridgehead atoms. The molecule has 19 heavy (non-hydrogen) atoms. The van der Waals surface area contributed by atoms with Crippen LogP contribution in [0.3, 0.4) is 0 Å². The molecule has 2 atom stereocenters. The Labute approximate surface area is 128 Å². The lowest BCUT2D eigenvalue weighted by Gasteiger charge is -2.36. The molecule has 1 aliphatic rings. The standard InChI is InChI=1S/C13H17BrClNO2S/c1-9-4-3-7-16(10(9)2)19(17,18)13-6-5-11(14)8-12(13)15/h5-6,8-10H,3-4,7H2,1-2H3. The second-order valence-corrected chi connectivity index (χ2v) is 8.23. The lowest BCUT2D eigenvalue weighted by Crippen LogP contribution is -2.45. The molecule has 0 amide bonds. The van der Waals surface area contributed by atoms with Gasteiger partial charge in [-0.1, -0.05) is 34.5 Å². The Morgan fingerprint density at radius 3 is 2.68 bits per heavy atom. The summed E-state index contributed by atoms with van der Waals surface area (Å²) in [7, 11) is -3.51. The van der Waals surface area contributed by atoms with Gasteiger partial charge in [0.2, 0.25) is 10.0 Å². The van der Waals surface area contributed by atoms with Gasteiger partial charge >= 0.3 is 0 Å². The molecule has 0 aliphatic carbocycles. The Kier molecular flexibility index (Phi) is 4.60. The molecule has 0 spiro atoms. The zero-order chi connectivity index (χ0) is 14.2. The maximum absolute atomic E-state index is 12.7. The van der Waals surface area contributed by atoms with E-state index in [-0.39, 0.29) is 16.0 Å². The third-order valence-corrected chi connectivity index (χ3v) is 6.76. The minimum atomic E-state index is -3.51. The Bertz CT molecular complexity index is 576. The number of benzene rings is 1. The normalized spacial score (nSPS) is 25.5. The summed E-state index contributed by atoms with van der Waals surface area (Å²) < 4.78 is 27.8. The SMILES string of the molecule is CC1CCCN(S(=O)(=O)c2ccc(Br)cc2Cl)C1C. The molecule has 6 heteroatoms. The highest BCUT2D eigenvalue weighted by Crippen LogP contribution is 2.32. The van der Waals surface area contributed by atoms with E-state index >= 15 is 0 Å². The van der Waals surface area contributed by atoms with Gasteiger partial charge in [0.25, 0.3) is 0 Å². The van der Waals surface area contributed by atoms with E-state index < -0.39 is 10.0 Å². The van der Waals surface area contributed by atoms with Crippen LogP contribution in [0.5, 0.6) is 0 Å². The van der Waals surface area contributed by atoms with E-state index in [2.05, 4.69) is 22.9 Å². The van der Waals surface area contributed by atoms with E-state index in [9.17, 15) is 8.42 Å². The largest absolute Gasteiger partial charge is 0.244 e. The zero-order valence-electron chi connectivity index (χ0n) is 10.9. The van der Waals surface area contributed by atoms with Crippen molar-refractivity contribution < 1.29 is 8.42 Å². The van der Waals surface area contributed by atoms with Crippen molar-refractivity contribution in [2.75, 3.05) is 6.54 Å². The lowest BCUT2D eigenvalue weighted by atomic mass is 9.94. The van der Waals surface area contributed by atoms with Crippen LogP contribution in [0.1, 0.15) is 26.7 Å². The van der Waals surface area contributed by atoms with Gasteiger partial charge in [0.05, 0.1) is 5.02 Å². The van der Waals surface area contributed by atoms with Gasteiger partial charge in [-0.25, -0.2) is 8.42 Å². The molecule has 0 N–H and O–H groups in total. The van der Waals surface area contributed by atoms with Gasteiger partial charge < -0.3 is 0 Å². The first kappa shape index (κ1) is 15.3. The minimum Gasteiger partial charge on any atom is -0.207 e. The smallest absolute Gasteiger partial charge is 0.207 e. The summed E-state index contributed by atoms with van der Waals surface area (Å²) in [5, 5.41) is 0.264. The third kappa shape index (κ3) is 2.99. The van der Waals surface area contributed by atoms with Crippen LogP contribution in [0.15, 0.2) is 27.6 Å². The van der Waals surface area contributed by atoms with Gasteiger partial charge in [-0.2, -0.15) is 4.31 Å². The molecule has 0 saturated carbocycles. The van der Waals surface area contributed by atoms with Crippen LogP contribution in [0.2, 0.25) is 5.02 Å². The van der Waals surface area contributed by atoms with Gasteiger partial charge in [0.1, 0.15) is 4.90 Å². The van der Waals surface area contributed by atoms with Gasteiger partial charge in [0.15, 0.2) is 0 Å². The predicted molar refractivity (Wildman–Crippen MR) is 80.9 cm³/mol. The first-order chi connectivity index (χ1) is 8.84. The van der Waals surface area contributed by atoms with Crippen LogP contribution in [-0.2, 0) is 10.0 Å². The molecular weight excluding hydrogens is 350 g/mol. The predicted octanol–water partition coefficient (Wildman–Crippen LogP) is 3.91. The number of nitrogens with zero attached hydrogens (tertiary/aromatic N) is 1. The highest BCUT2D eigenvalue weighted by Gasteiger charge is 2.35. The summed E-state index contributed by atoms with van der Waals surface area (Å²) >= 11 is 9.37. The van der Waals surface area contributed by atoms with Gasteiger partial charge in [-0.05, 0) is 43.9 Å². The topological polar surface area (TPSA) is 37.4 Å². The molecule has 1 aromatic rings. The Morgan fingerprint density at radius 1 is 1.37 bits per heavy atom. The Hall–Kier alpha value is -0.100. The molecule has 106 valence electrons. The van der Waals surface area contributed by atoms with E-state index in [1.54, 1.807) is 22.5 Å². The van der Waals surface area contributed by atoms with E-state index in [0.29, 0.717) is 12.5 Å². The summed E-state index contributed by atoms with van der Waals surface area (Å²) in [6, 6.07) is 4.90. The van der Waals surface area contributed by atoms with Crippen molar-refractivity contribution >= 4 is 37.6 Å². The van der Waals surface area contributed by atoms with Crippen LogP contribution in [0.25, 0.3) is 0 Å². The molecule has 1 saturated heterocycles. The van der Waals surface area contributed by atoms with Gasteiger partial charge in [0, 0.05) is 17.1 Å². The molecule has 0 aromatic heterocycles. The Balaban J connectivity index is 2.41. The average Bonchev–Trinajstić information content (AvgIpc) is 2.31. The minimum absolute atomic E-state index is 0.0125. The van der Waals surface area contributed by atoms with E-state index in [0.717, 1.165) is 17.3 Å². The highest BCUT2D eigenvalue weighted by atomic mass is 79.9. The molecule has 2 unspecified atom stereocenters. The fraction of sp³-hybridized carbons (Fsp3) is 0.538. The van der Waals surface area contributed by atoms with Crippen molar-refractivity contribution in [3.63, 3.8) is 0 Å². The fourth-order valence-corrected chi connectivity index (χ4v) is 5.23. The monoisotopic (exact) mass is 365 g/mol. The maximum Gasteiger partial charge on any atom is 0.244 e. The highest BCUT2D eigenvalue weighted by molar-refractivity contribution is 9.10. The summed E-state index contributed by atoms with van der Waals surface area (Å²) in [4.78, 5) is 0.193. The van der Waals surface area contributed by atoms with Crippen LogP contribution in [-0.4, -0.2) is 25.3 Å². The number of halogens is 2. The molecule has 1 aliphatic heterocycles. The van der Waals surface area contributed by atoms with Crippen LogP contribution < -0.4 is 0 Å². The Morgan fingerprint density at radius 2 is 2.05 bits per heavy atom. The molecular formula is C13H17BrClNO2S. The van der Waals surface area contributed by atoms with Crippen molar-refractivity contribution in [2.45, 2.75) is 37.6 Å². The van der Waals surface area contributed by atoms with Crippen molar-refractivity contribution in [2.24, 2.45) is 5.92 Å². The molecule has 1 fully saturated rings. The molecule has 1 heterocycles.